The summed E-state index contributed by atoms with van der Waals surface area (Å²) in [5.41, 5.74) is -1.21. The van der Waals surface area contributed by atoms with Crippen LogP contribution in [0.2, 0.25) is 0 Å². The lowest BCUT2D eigenvalue weighted by atomic mass is 10.0. The molecule has 1 rings (SSSR count). The summed E-state index contributed by atoms with van der Waals surface area (Å²) < 4.78 is 10.3. The number of furan rings is 1. The SMILES string of the molecule is COCC(C)C(=O)NCC(C)(O)c1ccc(C)o1. The molecule has 1 aromatic heterocycles. The van der Waals surface area contributed by atoms with Crippen LogP contribution in [-0.4, -0.2) is 31.3 Å². The number of carbonyl (C=O) groups excluding carboxylic acids is 1. The van der Waals surface area contributed by atoms with E-state index in [1.807, 2.05) is 0 Å². The zero-order valence-electron chi connectivity index (χ0n) is 11.3. The zero-order chi connectivity index (χ0) is 13.8. The average Bonchev–Trinajstić information content (AvgIpc) is 2.74. The Balaban J connectivity index is 2.54. The van der Waals surface area contributed by atoms with Crippen LogP contribution < -0.4 is 5.32 Å². The maximum Gasteiger partial charge on any atom is 0.225 e. The number of aryl methyl sites for hydroxylation is 1. The molecule has 1 amide bonds. The number of nitrogens with one attached hydrogen (secondary N) is 1. The topological polar surface area (TPSA) is 71.7 Å². The van der Waals surface area contributed by atoms with E-state index in [0.717, 1.165) is 5.76 Å². The average molecular weight is 255 g/mol. The van der Waals surface area contributed by atoms with Crippen molar-refractivity contribution in [2.45, 2.75) is 26.4 Å². The second-order valence-electron chi connectivity index (χ2n) is 4.76. The Hall–Kier alpha value is -1.33. The quantitative estimate of drug-likeness (QED) is 0.801. The fourth-order valence-corrected chi connectivity index (χ4v) is 1.57. The molecule has 0 saturated heterocycles. The standard InChI is InChI=1S/C13H21NO4/c1-9(7-17-4)12(15)14-8-13(3,16)11-6-5-10(2)18-11/h5-6,9,16H,7-8H2,1-4H3,(H,14,15). The van der Waals surface area contributed by atoms with Gasteiger partial charge in [0.15, 0.2) is 0 Å². The number of aliphatic hydroxyl groups is 1. The van der Waals surface area contributed by atoms with Gasteiger partial charge in [-0.15, -0.1) is 0 Å². The van der Waals surface area contributed by atoms with Crippen LogP contribution in [0, 0.1) is 12.8 Å². The minimum Gasteiger partial charge on any atom is -0.463 e. The molecule has 2 atom stereocenters. The second-order valence-corrected chi connectivity index (χ2v) is 4.76. The normalized spacial score (nSPS) is 16.1. The van der Waals surface area contributed by atoms with Crippen molar-refractivity contribution in [1.82, 2.24) is 5.32 Å². The van der Waals surface area contributed by atoms with E-state index in [1.54, 1.807) is 40.0 Å². The predicted octanol–water partition coefficient (Wildman–Crippen LogP) is 1.19. The van der Waals surface area contributed by atoms with Gasteiger partial charge in [-0.25, -0.2) is 0 Å². The zero-order valence-corrected chi connectivity index (χ0v) is 11.3. The lowest BCUT2D eigenvalue weighted by Gasteiger charge is -2.22. The Morgan fingerprint density at radius 1 is 1.61 bits per heavy atom. The van der Waals surface area contributed by atoms with Gasteiger partial charge in [-0.05, 0) is 26.0 Å². The van der Waals surface area contributed by atoms with E-state index in [0.29, 0.717) is 12.4 Å². The second kappa shape index (κ2) is 6.02. The maximum absolute atomic E-state index is 11.7. The van der Waals surface area contributed by atoms with Crippen LogP contribution in [0.25, 0.3) is 0 Å². The van der Waals surface area contributed by atoms with Gasteiger partial charge in [-0.2, -0.15) is 0 Å². The molecular weight excluding hydrogens is 234 g/mol. The molecule has 0 spiro atoms. The molecule has 5 heteroatoms. The summed E-state index contributed by atoms with van der Waals surface area (Å²) in [5, 5.41) is 12.9. The fourth-order valence-electron chi connectivity index (χ4n) is 1.57. The van der Waals surface area contributed by atoms with Crippen LogP contribution in [0.1, 0.15) is 25.4 Å². The first-order chi connectivity index (χ1) is 8.36. The van der Waals surface area contributed by atoms with Crippen molar-refractivity contribution >= 4 is 5.91 Å². The van der Waals surface area contributed by atoms with Gasteiger partial charge >= 0.3 is 0 Å². The summed E-state index contributed by atoms with van der Waals surface area (Å²) in [6, 6.07) is 3.49. The first-order valence-corrected chi connectivity index (χ1v) is 5.92. The highest BCUT2D eigenvalue weighted by Gasteiger charge is 2.28. The van der Waals surface area contributed by atoms with Crippen LogP contribution in [0.5, 0.6) is 0 Å². The van der Waals surface area contributed by atoms with Crippen LogP contribution >= 0.6 is 0 Å². The number of ether oxygens (including phenoxy) is 1. The highest BCUT2D eigenvalue weighted by atomic mass is 16.5. The smallest absolute Gasteiger partial charge is 0.225 e. The highest BCUT2D eigenvalue weighted by molar-refractivity contribution is 5.78. The summed E-state index contributed by atoms with van der Waals surface area (Å²) in [5.74, 6) is 0.772. The van der Waals surface area contributed by atoms with Gasteiger partial charge < -0.3 is 19.6 Å². The third-order valence-electron chi connectivity index (χ3n) is 2.74. The number of methoxy groups -OCH3 is 1. The van der Waals surface area contributed by atoms with Crippen molar-refractivity contribution in [2.75, 3.05) is 20.3 Å². The van der Waals surface area contributed by atoms with Crippen LogP contribution in [0.4, 0.5) is 0 Å². The minimum atomic E-state index is -1.21. The molecule has 0 aliphatic carbocycles. The van der Waals surface area contributed by atoms with Gasteiger partial charge in [0, 0.05) is 7.11 Å². The Morgan fingerprint density at radius 3 is 2.78 bits per heavy atom. The van der Waals surface area contributed by atoms with Gasteiger partial charge in [0.2, 0.25) is 5.91 Å². The molecule has 102 valence electrons. The van der Waals surface area contributed by atoms with Gasteiger partial charge in [0.05, 0.1) is 19.1 Å². The van der Waals surface area contributed by atoms with Gasteiger partial charge in [-0.3, -0.25) is 4.79 Å². The first-order valence-electron chi connectivity index (χ1n) is 5.92. The van der Waals surface area contributed by atoms with E-state index in [-0.39, 0.29) is 18.4 Å². The van der Waals surface area contributed by atoms with Crippen molar-refractivity contribution in [3.8, 4) is 0 Å². The van der Waals surface area contributed by atoms with E-state index in [9.17, 15) is 9.90 Å². The molecule has 0 bridgehead atoms. The fraction of sp³-hybridized carbons (Fsp3) is 0.615. The molecule has 2 N–H and O–H groups in total. The molecule has 0 aliphatic rings. The molecule has 0 fully saturated rings. The summed E-state index contributed by atoms with van der Waals surface area (Å²) in [7, 11) is 1.55. The minimum absolute atomic E-state index is 0.104. The molecule has 1 aromatic rings. The van der Waals surface area contributed by atoms with Crippen LogP contribution in [0.3, 0.4) is 0 Å². The van der Waals surface area contributed by atoms with Crippen LogP contribution in [-0.2, 0) is 15.1 Å². The van der Waals surface area contributed by atoms with E-state index in [1.165, 1.54) is 0 Å². The number of amides is 1. The molecule has 0 saturated carbocycles. The molecule has 18 heavy (non-hydrogen) atoms. The Kier molecular flexibility index (Phi) is 4.93. The molecule has 1 heterocycles. The van der Waals surface area contributed by atoms with Gasteiger partial charge in [0.25, 0.3) is 0 Å². The van der Waals surface area contributed by atoms with E-state index in [2.05, 4.69) is 5.32 Å². The highest BCUT2D eigenvalue weighted by Crippen LogP contribution is 2.21. The lowest BCUT2D eigenvalue weighted by Crippen LogP contribution is -2.41. The van der Waals surface area contributed by atoms with Crippen molar-refractivity contribution in [3.63, 3.8) is 0 Å². The van der Waals surface area contributed by atoms with Gasteiger partial charge in [-0.1, -0.05) is 6.92 Å². The molecule has 0 aromatic carbocycles. The number of hydrogen-bond acceptors (Lipinski definition) is 4. The van der Waals surface area contributed by atoms with Crippen molar-refractivity contribution in [2.24, 2.45) is 5.92 Å². The Morgan fingerprint density at radius 2 is 2.28 bits per heavy atom. The van der Waals surface area contributed by atoms with E-state index < -0.39 is 5.60 Å². The number of carbonyl (C=O) groups is 1. The summed E-state index contributed by atoms with van der Waals surface area (Å²) in [4.78, 5) is 11.7. The Labute approximate surface area is 107 Å². The summed E-state index contributed by atoms with van der Waals surface area (Å²) >= 11 is 0. The third kappa shape index (κ3) is 3.85. The van der Waals surface area contributed by atoms with Crippen molar-refractivity contribution in [3.05, 3.63) is 23.7 Å². The van der Waals surface area contributed by atoms with Crippen molar-refractivity contribution in [1.29, 1.82) is 0 Å². The molecule has 0 radical (unpaired) electrons. The predicted molar refractivity (Wildman–Crippen MR) is 67.1 cm³/mol. The Bertz CT molecular complexity index is 397. The third-order valence-corrected chi connectivity index (χ3v) is 2.74. The largest absolute Gasteiger partial charge is 0.463 e. The van der Waals surface area contributed by atoms with Crippen LogP contribution in [0.15, 0.2) is 16.5 Å². The molecule has 0 aliphatic heterocycles. The molecule has 2 unspecified atom stereocenters. The van der Waals surface area contributed by atoms with Gasteiger partial charge in [0.1, 0.15) is 17.1 Å². The molecular formula is C13H21NO4. The molecule has 5 nitrogen and oxygen atoms in total. The number of rotatable bonds is 6. The van der Waals surface area contributed by atoms with E-state index >= 15 is 0 Å². The maximum atomic E-state index is 11.7. The summed E-state index contributed by atoms with van der Waals surface area (Å²) in [6.45, 7) is 5.64. The lowest BCUT2D eigenvalue weighted by molar-refractivity contribution is -0.127. The van der Waals surface area contributed by atoms with Crippen molar-refractivity contribution < 1.29 is 19.1 Å². The first kappa shape index (κ1) is 14.7. The van der Waals surface area contributed by atoms with E-state index in [4.69, 9.17) is 9.15 Å². The number of hydrogen-bond donors (Lipinski definition) is 2. The monoisotopic (exact) mass is 255 g/mol. The summed E-state index contributed by atoms with van der Waals surface area (Å²) in [6.07, 6.45) is 0.